The molecular weight excluding hydrogens is 240 g/mol. The molecule has 19 heavy (non-hydrogen) atoms. The molecule has 4 nitrogen and oxygen atoms in total. The van der Waals surface area contributed by atoms with Crippen LogP contribution in [0.2, 0.25) is 0 Å². The molecule has 0 radical (unpaired) electrons. The van der Waals surface area contributed by atoms with Crippen molar-refractivity contribution in [3.8, 4) is 6.07 Å². The minimum atomic E-state index is -0.0471. The van der Waals surface area contributed by atoms with Gasteiger partial charge in [-0.2, -0.15) is 5.26 Å². The van der Waals surface area contributed by atoms with Crippen molar-refractivity contribution in [2.45, 2.75) is 32.6 Å². The van der Waals surface area contributed by atoms with Gasteiger partial charge in [-0.1, -0.05) is 19.4 Å². The van der Waals surface area contributed by atoms with Gasteiger partial charge in [-0.05, 0) is 31.0 Å². The maximum atomic E-state index is 11.7. The van der Waals surface area contributed by atoms with Gasteiger partial charge in [-0.25, -0.2) is 0 Å². The van der Waals surface area contributed by atoms with E-state index in [1.807, 2.05) is 6.07 Å². The minimum Gasteiger partial charge on any atom is -0.381 e. The molecule has 1 aromatic carbocycles. The van der Waals surface area contributed by atoms with Crippen LogP contribution in [0, 0.1) is 11.3 Å². The first-order chi connectivity index (χ1) is 9.26. The van der Waals surface area contributed by atoms with Crippen LogP contribution in [-0.2, 0) is 9.53 Å². The number of anilines is 1. The van der Waals surface area contributed by atoms with Gasteiger partial charge in [-0.15, -0.1) is 0 Å². The van der Waals surface area contributed by atoms with E-state index < -0.39 is 0 Å². The van der Waals surface area contributed by atoms with Crippen LogP contribution in [0.15, 0.2) is 24.3 Å². The Morgan fingerprint density at radius 1 is 1.37 bits per heavy atom. The first-order valence-corrected chi connectivity index (χ1v) is 6.64. The van der Waals surface area contributed by atoms with Crippen molar-refractivity contribution in [1.82, 2.24) is 0 Å². The topological polar surface area (TPSA) is 62.1 Å². The van der Waals surface area contributed by atoms with Crippen molar-refractivity contribution in [2.75, 3.05) is 18.5 Å². The summed E-state index contributed by atoms with van der Waals surface area (Å²) in [5.74, 6) is -0.0471. The van der Waals surface area contributed by atoms with Gasteiger partial charge in [0.2, 0.25) is 5.91 Å². The molecule has 1 aromatic rings. The van der Waals surface area contributed by atoms with Crippen LogP contribution in [0.1, 0.15) is 38.2 Å². The molecule has 0 bridgehead atoms. The van der Waals surface area contributed by atoms with Crippen molar-refractivity contribution in [3.05, 3.63) is 29.8 Å². The number of benzene rings is 1. The number of carbonyl (C=O) groups is 1. The highest BCUT2D eigenvalue weighted by Crippen LogP contribution is 2.10. The summed E-state index contributed by atoms with van der Waals surface area (Å²) in [5.41, 5.74) is 1.21. The lowest BCUT2D eigenvalue weighted by Gasteiger charge is -2.06. The quantitative estimate of drug-likeness (QED) is 0.730. The molecule has 102 valence electrons. The summed E-state index contributed by atoms with van der Waals surface area (Å²) < 4.78 is 5.39. The third kappa shape index (κ3) is 6.58. The largest absolute Gasteiger partial charge is 0.381 e. The minimum absolute atomic E-state index is 0.0471. The summed E-state index contributed by atoms with van der Waals surface area (Å²) in [6.45, 7) is 3.50. The summed E-state index contributed by atoms with van der Waals surface area (Å²) in [4.78, 5) is 11.7. The second-order valence-electron chi connectivity index (χ2n) is 4.31. The Morgan fingerprint density at radius 2 is 2.16 bits per heavy atom. The summed E-state index contributed by atoms with van der Waals surface area (Å²) in [6, 6.07) is 8.94. The number of ether oxygens (including phenoxy) is 1. The third-order valence-electron chi connectivity index (χ3n) is 2.61. The molecule has 0 aromatic heterocycles. The number of carbonyl (C=O) groups excluding carboxylic acids is 1. The van der Waals surface area contributed by atoms with Crippen molar-refractivity contribution in [2.24, 2.45) is 0 Å². The molecule has 1 N–H and O–H groups in total. The number of nitrogens with zero attached hydrogens (tertiary/aromatic N) is 1. The van der Waals surface area contributed by atoms with E-state index in [1.165, 1.54) is 0 Å². The molecule has 0 aliphatic rings. The van der Waals surface area contributed by atoms with Crippen LogP contribution in [-0.4, -0.2) is 19.1 Å². The van der Waals surface area contributed by atoms with Gasteiger partial charge >= 0.3 is 0 Å². The van der Waals surface area contributed by atoms with E-state index in [0.29, 0.717) is 30.7 Å². The number of nitrogens with one attached hydrogen (secondary N) is 1. The Labute approximate surface area is 114 Å². The number of amides is 1. The molecule has 1 rings (SSSR count). The van der Waals surface area contributed by atoms with Crippen LogP contribution >= 0.6 is 0 Å². The van der Waals surface area contributed by atoms with Crippen LogP contribution in [0.4, 0.5) is 5.69 Å². The van der Waals surface area contributed by atoms with Gasteiger partial charge in [0, 0.05) is 25.3 Å². The fourth-order valence-electron chi connectivity index (χ4n) is 1.57. The van der Waals surface area contributed by atoms with E-state index >= 15 is 0 Å². The van der Waals surface area contributed by atoms with Crippen molar-refractivity contribution >= 4 is 11.6 Å². The lowest BCUT2D eigenvalue weighted by Crippen LogP contribution is -2.12. The predicted octanol–water partition coefficient (Wildman–Crippen LogP) is 3.09. The zero-order valence-electron chi connectivity index (χ0n) is 11.3. The molecule has 0 spiro atoms. The molecule has 0 unspecified atom stereocenters. The monoisotopic (exact) mass is 260 g/mol. The highest BCUT2D eigenvalue weighted by molar-refractivity contribution is 5.90. The fourth-order valence-corrected chi connectivity index (χ4v) is 1.57. The summed E-state index contributed by atoms with van der Waals surface area (Å²) in [7, 11) is 0. The zero-order valence-corrected chi connectivity index (χ0v) is 11.3. The van der Waals surface area contributed by atoms with Gasteiger partial charge in [0.15, 0.2) is 0 Å². The normalized spacial score (nSPS) is 9.89. The van der Waals surface area contributed by atoms with Crippen LogP contribution in [0.3, 0.4) is 0 Å². The molecule has 4 heteroatoms. The standard InChI is InChI=1S/C15H20N2O2/c1-2-3-9-19-10-5-8-15(18)17-14-7-4-6-13(11-14)12-16/h4,6-7,11H,2-3,5,8-10H2,1H3,(H,17,18). The number of unbranched alkanes of at least 4 members (excludes halogenated alkanes) is 1. The van der Waals surface area contributed by atoms with E-state index in [0.717, 1.165) is 19.4 Å². The van der Waals surface area contributed by atoms with E-state index in [-0.39, 0.29) is 5.91 Å². The Morgan fingerprint density at radius 3 is 2.89 bits per heavy atom. The second-order valence-corrected chi connectivity index (χ2v) is 4.31. The molecule has 0 fully saturated rings. The molecule has 1 amide bonds. The number of hydrogen-bond acceptors (Lipinski definition) is 3. The van der Waals surface area contributed by atoms with E-state index in [9.17, 15) is 4.79 Å². The number of hydrogen-bond donors (Lipinski definition) is 1. The zero-order chi connectivity index (χ0) is 13.9. The fraction of sp³-hybridized carbons (Fsp3) is 0.467. The Hall–Kier alpha value is -1.86. The average molecular weight is 260 g/mol. The first kappa shape index (κ1) is 15.2. The molecule has 0 saturated carbocycles. The smallest absolute Gasteiger partial charge is 0.224 e. The molecular formula is C15H20N2O2. The van der Waals surface area contributed by atoms with Crippen LogP contribution < -0.4 is 5.32 Å². The first-order valence-electron chi connectivity index (χ1n) is 6.64. The van der Waals surface area contributed by atoms with Crippen molar-refractivity contribution in [1.29, 1.82) is 5.26 Å². The molecule has 0 heterocycles. The number of rotatable bonds is 8. The van der Waals surface area contributed by atoms with Gasteiger partial charge in [0.05, 0.1) is 11.6 Å². The summed E-state index contributed by atoms with van der Waals surface area (Å²) in [6.07, 6.45) is 3.33. The van der Waals surface area contributed by atoms with Gasteiger partial charge < -0.3 is 10.1 Å². The maximum Gasteiger partial charge on any atom is 0.224 e. The molecule has 0 atom stereocenters. The molecule has 0 saturated heterocycles. The van der Waals surface area contributed by atoms with Crippen molar-refractivity contribution in [3.63, 3.8) is 0 Å². The third-order valence-corrected chi connectivity index (χ3v) is 2.61. The Balaban J connectivity index is 2.22. The van der Waals surface area contributed by atoms with E-state index in [2.05, 4.69) is 12.2 Å². The Bertz CT molecular complexity index is 438. The number of nitriles is 1. The SMILES string of the molecule is CCCCOCCCC(=O)Nc1cccc(C#N)c1. The summed E-state index contributed by atoms with van der Waals surface area (Å²) in [5, 5.41) is 11.5. The second kappa shape index (κ2) is 9.12. The molecule has 0 aliphatic carbocycles. The van der Waals surface area contributed by atoms with E-state index in [1.54, 1.807) is 24.3 Å². The lowest BCUT2D eigenvalue weighted by atomic mass is 10.2. The maximum absolute atomic E-state index is 11.7. The van der Waals surface area contributed by atoms with Crippen LogP contribution in [0.5, 0.6) is 0 Å². The van der Waals surface area contributed by atoms with Gasteiger partial charge in [-0.3, -0.25) is 4.79 Å². The lowest BCUT2D eigenvalue weighted by molar-refractivity contribution is -0.116. The van der Waals surface area contributed by atoms with Gasteiger partial charge in [0.25, 0.3) is 0 Å². The highest BCUT2D eigenvalue weighted by atomic mass is 16.5. The average Bonchev–Trinajstić information content (AvgIpc) is 2.43. The van der Waals surface area contributed by atoms with Gasteiger partial charge in [0.1, 0.15) is 0 Å². The van der Waals surface area contributed by atoms with E-state index in [4.69, 9.17) is 10.00 Å². The molecule has 0 aliphatic heterocycles. The highest BCUT2D eigenvalue weighted by Gasteiger charge is 2.02. The predicted molar refractivity (Wildman–Crippen MR) is 74.7 cm³/mol. The van der Waals surface area contributed by atoms with Crippen molar-refractivity contribution < 1.29 is 9.53 Å². The van der Waals surface area contributed by atoms with Crippen LogP contribution in [0.25, 0.3) is 0 Å². The summed E-state index contributed by atoms with van der Waals surface area (Å²) >= 11 is 0. The Kier molecular flexibility index (Phi) is 7.30.